The molecule has 0 aromatic rings. The van der Waals surface area contributed by atoms with E-state index in [9.17, 15) is 14.4 Å². The number of amides is 1. The van der Waals surface area contributed by atoms with Gasteiger partial charge in [0, 0.05) is 6.54 Å². The van der Waals surface area contributed by atoms with Crippen LogP contribution in [0, 0.1) is 22.2 Å². The van der Waals surface area contributed by atoms with E-state index in [-0.39, 0.29) is 25.0 Å². The summed E-state index contributed by atoms with van der Waals surface area (Å²) in [6, 6.07) is 0. The van der Waals surface area contributed by atoms with E-state index >= 15 is 0 Å². The SMILES string of the molecule is CC(C)CNC(=O)C(C)(COC(=O)C(C)(C)C)COC(=O)C(C)(C)C. The largest absolute Gasteiger partial charge is 0.464 e. The summed E-state index contributed by atoms with van der Waals surface area (Å²) in [5, 5.41) is 2.83. The van der Waals surface area contributed by atoms with Crippen LogP contribution in [0.3, 0.4) is 0 Å². The number of hydrogen-bond acceptors (Lipinski definition) is 5. The first-order valence-electron chi connectivity index (χ1n) is 8.72. The van der Waals surface area contributed by atoms with E-state index in [4.69, 9.17) is 9.47 Å². The molecule has 0 rings (SSSR count). The van der Waals surface area contributed by atoms with E-state index in [0.717, 1.165) is 0 Å². The number of rotatable bonds is 7. The molecule has 146 valence electrons. The van der Waals surface area contributed by atoms with Crippen LogP contribution in [0.15, 0.2) is 0 Å². The van der Waals surface area contributed by atoms with Crippen LogP contribution in [0.4, 0.5) is 0 Å². The molecule has 0 radical (unpaired) electrons. The first-order valence-corrected chi connectivity index (χ1v) is 8.72. The molecule has 0 atom stereocenters. The zero-order chi connectivity index (χ0) is 20.1. The summed E-state index contributed by atoms with van der Waals surface area (Å²) in [4.78, 5) is 36.7. The van der Waals surface area contributed by atoms with Crippen LogP contribution in [0.25, 0.3) is 0 Å². The third kappa shape index (κ3) is 8.36. The Bertz CT molecular complexity index is 453. The molecule has 0 aliphatic rings. The second-order valence-electron chi connectivity index (χ2n) is 9.32. The molecular weight excluding hydrogens is 322 g/mol. The highest BCUT2D eigenvalue weighted by molar-refractivity contribution is 5.84. The maximum absolute atomic E-state index is 12.6. The molecule has 0 saturated carbocycles. The van der Waals surface area contributed by atoms with E-state index in [2.05, 4.69) is 5.32 Å². The minimum Gasteiger partial charge on any atom is -0.464 e. The molecule has 1 N–H and O–H groups in total. The summed E-state index contributed by atoms with van der Waals surface area (Å²) in [5.74, 6) is -0.831. The average Bonchev–Trinajstić information content (AvgIpc) is 2.45. The molecule has 0 spiro atoms. The fraction of sp³-hybridized carbons (Fsp3) is 0.842. The summed E-state index contributed by atoms with van der Waals surface area (Å²) in [6.07, 6.45) is 0. The number of ether oxygens (including phenoxy) is 2. The van der Waals surface area contributed by atoms with Gasteiger partial charge in [0.25, 0.3) is 0 Å². The van der Waals surface area contributed by atoms with Gasteiger partial charge in [0.2, 0.25) is 5.91 Å². The zero-order valence-corrected chi connectivity index (χ0v) is 17.2. The lowest BCUT2D eigenvalue weighted by Crippen LogP contribution is -2.48. The fourth-order valence-corrected chi connectivity index (χ4v) is 1.57. The van der Waals surface area contributed by atoms with E-state index in [1.165, 1.54) is 0 Å². The normalized spacial score (nSPS) is 12.7. The quantitative estimate of drug-likeness (QED) is 0.709. The number of hydrogen-bond donors (Lipinski definition) is 1. The third-order valence-electron chi connectivity index (χ3n) is 3.49. The maximum Gasteiger partial charge on any atom is 0.311 e. The molecule has 25 heavy (non-hydrogen) atoms. The Morgan fingerprint density at radius 3 is 1.44 bits per heavy atom. The van der Waals surface area contributed by atoms with Crippen molar-refractivity contribution in [2.24, 2.45) is 22.2 Å². The molecule has 6 heteroatoms. The van der Waals surface area contributed by atoms with Crippen molar-refractivity contribution in [1.29, 1.82) is 0 Å². The first kappa shape index (κ1) is 23.4. The summed E-state index contributed by atoms with van der Waals surface area (Å²) in [5.41, 5.74) is -2.48. The molecule has 0 bridgehead atoms. The van der Waals surface area contributed by atoms with E-state index in [1.807, 2.05) is 13.8 Å². The second kappa shape index (κ2) is 8.68. The molecular formula is C19H35NO5. The fourth-order valence-electron chi connectivity index (χ4n) is 1.57. The summed E-state index contributed by atoms with van der Waals surface area (Å²) in [6.45, 7) is 16.2. The van der Waals surface area contributed by atoms with Crippen LogP contribution in [0.2, 0.25) is 0 Å². The van der Waals surface area contributed by atoms with E-state index in [1.54, 1.807) is 48.5 Å². The van der Waals surface area contributed by atoms with Gasteiger partial charge < -0.3 is 14.8 Å². The Hall–Kier alpha value is -1.59. The van der Waals surface area contributed by atoms with Crippen molar-refractivity contribution in [3.05, 3.63) is 0 Å². The standard InChI is InChI=1S/C19H35NO5/c1-13(2)10-20-14(21)19(9,11-24-15(22)17(3,4)5)12-25-16(23)18(6,7)8/h13H,10-12H2,1-9H3,(H,20,21). The zero-order valence-electron chi connectivity index (χ0n) is 17.2. The van der Waals surface area contributed by atoms with Gasteiger partial charge in [0.05, 0.1) is 10.8 Å². The lowest BCUT2D eigenvalue weighted by molar-refractivity contribution is -0.166. The minimum atomic E-state index is -1.14. The number of carbonyl (C=O) groups excluding carboxylic acids is 3. The van der Waals surface area contributed by atoms with Crippen LogP contribution in [0.1, 0.15) is 62.3 Å². The molecule has 6 nitrogen and oxygen atoms in total. The lowest BCUT2D eigenvalue weighted by Gasteiger charge is -2.30. The molecule has 0 saturated heterocycles. The van der Waals surface area contributed by atoms with Crippen LogP contribution < -0.4 is 5.32 Å². The highest BCUT2D eigenvalue weighted by atomic mass is 16.5. The van der Waals surface area contributed by atoms with Gasteiger partial charge in [-0.05, 0) is 54.4 Å². The molecule has 0 aliphatic heterocycles. The Morgan fingerprint density at radius 1 is 0.800 bits per heavy atom. The van der Waals surface area contributed by atoms with Crippen LogP contribution in [-0.4, -0.2) is 37.6 Å². The number of carbonyl (C=O) groups is 3. The minimum absolute atomic E-state index is 0.148. The summed E-state index contributed by atoms with van der Waals surface area (Å²) < 4.78 is 10.7. The van der Waals surface area contributed by atoms with Gasteiger partial charge in [0.1, 0.15) is 18.6 Å². The Kier molecular flexibility index (Phi) is 8.12. The van der Waals surface area contributed by atoms with Gasteiger partial charge in [-0.1, -0.05) is 13.8 Å². The molecule has 0 aliphatic carbocycles. The molecule has 0 fully saturated rings. The number of nitrogens with one attached hydrogen (secondary N) is 1. The van der Waals surface area contributed by atoms with Crippen LogP contribution >= 0.6 is 0 Å². The van der Waals surface area contributed by atoms with Crippen molar-refractivity contribution < 1.29 is 23.9 Å². The Balaban J connectivity index is 5.12. The van der Waals surface area contributed by atoms with Gasteiger partial charge in [0.15, 0.2) is 0 Å². The predicted molar refractivity (Wildman–Crippen MR) is 96.8 cm³/mol. The second-order valence-corrected chi connectivity index (χ2v) is 9.32. The molecule has 0 heterocycles. The van der Waals surface area contributed by atoms with Crippen molar-refractivity contribution in [2.75, 3.05) is 19.8 Å². The first-order chi connectivity index (χ1) is 11.1. The van der Waals surface area contributed by atoms with Crippen molar-refractivity contribution >= 4 is 17.8 Å². The van der Waals surface area contributed by atoms with Gasteiger partial charge in [-0.2, -0.15) is 0 Å². The molecule has 0 aromatic heterocycles. The maximum atomic E-state index is 12.6. The van der Waals surface area contributed by atoms with Gasteiger partial charge in [-0.15, -0.1) is 0 Å². The van der Waals surface area contributed by atoms with Crippen molar-refractivity contribution in [2.45, 2.75) is 62.3 Å². The highest BCUT2D eigenvalue weighted by Gasteiger charge is 2.39. The topological polar surface area (TPSA) is 81.7 Å². The number of esters is 2. The smallest absolute Gasteiger partial charge is 0.311 e. The van der Waals surface area contributed by atoms with Crippen LogP contribution in [-0.2, 0) is 23.9 Å². The lowest BCUT2D eigenvalue weighted by atomic mass is 9.90. The average molecular weight is 357 g/mol. The Labute approximate surface area is 152 Å². The van der Waals surface area contributed by atoms with E-state index in [0.29, 0.717) is 6.54 Å². The summed E-state index contributed by atoms with van der Waals surface area (Å²) >= 11 is 0. The predicted octanol–water partition coefficient (Wildman–Crippen LogP) is 2.94. The van der Waals surface area contributed by atoms with Gasteiger partial charge in [-0.3, -0.25) is 14.4 Å². The highest BCUT2D eigenvalue weighted by Crippen LogP contribution is 2.24. The molecule has 1 amide bonds. The van der Waals surface area contributed by atoms with Crippen molar-refractivity contribution in [3.8, 4) is 0 Å². The van der Waals surface area contributed by atoms with E-state index < -0.39 is 28.2 Å². The van der Waals surface area contributed by atoms with Gasteiger partial charge >= 0.3 is 11.9 Å². The van der Waals surface area contributed by atoms with Gasteiger partial charge in [-0.25, -0.2) is 0 Å². The van der Waals surface area contributed by atoms with Crippen molar-refractivity contribution in [3.63, 3.8) is 0 Å². The summed E-state index contributed by atoms with van der Waals surface area (Å²) in [7, 11) is 0. The third-order valence-corrected chi connectivity index (χ3v) is 3.49. The monoisotopic (exact) mass is 357 g/mol. The molecule has 0 unspecified atom stereocenters. The Morgan fingerprint density at radius 2 is 1.16 bits per heavy atom. The van der Waals surface area contributed by atoms with Crippen molar-refractivity contribution in [1.82, 2.24) is 5.32 Å². The molecule has 0 aromatic carbocycles. The van der Waals surface area contributed by atoms with Crippen LogP contribution in [0.5, 0.6) is 0 Å².